The van der Waals surface area contributed by atoms with Crippen molar-refractivity contribution in [1.29, 1.82) is 0 Å². The minimum absolute atomic E-state index is 0.0325. The summed E-state index contributed by atoms with van der Waals surface area (Å²) < 4.78 is 17.4. The van der Waals surface area contributed by atoms with E-state index in [9.17, 15) is 9.59 Å². The Morgan fingerprint density at radius 1 is 0.348 bits per heavy atom. The number of rotatable bonds is 47. The number of unbranched alkanes of at least 4 members (excludes halogenated alkanes) is 14. The van der Waals surface area contributed by atoms with Gasteiger partial charge in [0, 0.05) is 19.4 Å². The van der Waals surface area contributed by atoms with Crippen molar-refractivity contribution in [2.45, 2.75) is 219 Å². The molecule has 0 aromatic heterocycles. The summed E-state index contributed by atoms with van der Waals surface area (Å²) in [5, 5.41) is 0. The predicted octanol–water partition coefficient (Wildman–Crippen LogP) is 18.3. The zero-order chi connectivity index (χ0) is 47.7. The Morgan fingerprint density at radius 2 is 0.697 bits per heavy atom. The second kappa shape index (κ2) is 55.4. The van der Waals surface area contributed by atoms with Crippen molar-refractivity contribution in [3.8, 4) is 0 Å². The van der Waals surface area contributed by atoms with Gasteiger partial charge in [0.25, 0.3) is 0 Å². The van der Waals surface area contributed by atoms with Crippen LogP contribution in [0, 0.1) is 0 Å². The molecule has 0 N–H and O–H groups in total. The number of carbonyl (C=O) groups is 2. The van der Waals surface area contributed by atoms with Crippen LogP contribution in [-0.2, 0) is 23.8 Å². The molecule has 5 nitrogen and oxygen atoms in total. The van der Waals surface area contributed by atoms with Crippen LogP contribution < -0.4 is 0 Å². The first-order valence-corrected chi connectivity index (χ1v) is 26.7. The smallest absolute Gasteiger partial charge is 0.306 e. The van der Waals surface area contributed by atoms with Crippen LogP contribution in [0.15, 0.2) is 134 Å². The van der Waals surface area contributed by atoms with Crippen LogP contribution in [0.5, 0.6) is 0 Å². The highest BCUT2D eigenvalue weighted by molar-refractivity contribution is 5.70. The van der Waals surface area contributed by atoms with Crippen LogP contribution in [-0.4, -0.2) is 37.9 Å². The molecule has 1 unspecified atom stereocenters. The Balaban J connectivity index is 4.47. The van der Waals surface area contributed by atoms with Crippen molar-refractivity contribution < 1.29 is 23.8 Å². The Bertz CT molecular complexity index is 1400. The van der Waals surface area contributed by atoms with Crippen molar-refractivity contribution in [3.63, 3.8) is 0 Å². The highest BCUT2D eigenvalue weighted by Crippen LogP contribution is 2.12. The fourth-order valence-corrected chi connectivity index (χ4v) is 6.74. The van der Waals surface area contributed by atoms with Gasteiger partial charge >= 0.3 is 11.9 Å². The largest absolute Gasteiger partial charge is 0.462 e. The number of hydrogen-bond donors (Lipinski definition) is 0. The number of carbonyl (C=O) groups excluding carboxylic acids is 2. The summed E-state index contributed by atoms with van der Waals surface area (Å²) in [5.74, 6) is -0.507. The summed E-state index contributed by atoms with van der Waals surface area (Å²) in [7, 11) is 0. The zero-order valence-electron chi connectivity index (χ0n) is 42.7. The van der Waals surface area contributed by atoms with Gasteiger partial charge in [-0.1, -0.05) is 206 Å². The molecule has 0 amide bonds. The molecule has 0 aromatic carbocycles. The molecular formula is C61H98O5. The van der Waals surface area contributed by atoms with Gasteiger partial charge in [0.2, 0.25) is 0 Å². The number of hydrogen-bond acceptors (Lipinski definition) is 5. The van der Waals surface area contributed by atoms with E-state index in [4.69, 9.17) is 14.2 Å². The van der Waals surface area contributed by atoms with Gasteiger partial charge in [-0.2, -0.15) is 0 Å². The minimum atomic E-state index is -0.588. The number of esters is 2. The average molecular weight is 911 g/mol. The van der Waals surface area contributed by atoms with Crippen LogP contribution in [0.2, 0.25) is 0 Å². The molecular weight excluding hydrogens is 813 g/mol. The lowest BCUT2D eigenvalue weighted by Crippen LogP contribution is -2.30. The van der Waals surface area contributed by atoms with E-state index < -0.39 is 6.10 Å². The molecule has 0 radical (unpaired) electrons. The lowest BCUT2D eigenvalue weighted by molar-refractivity contribution is -0.163. The van der Waals surface area contributed by atoms with E-state index in [0.717, 1.165) is 128 Å². The minimum Gasteiger partial charge on any atom is -0.462 e. The van der Waals surface area contributed by atoms with Gasteiger partial charge in [-0.15, -0.1) is 0 Å². The van der Waals surface area contributed by atoms with Crippen LogP contribution in [0.3, 0.4) is 0 Å². The number of allylic oxidation sites excluding steroid dienone is 22. The lowest BCUT2D eigenvalue weighted by atomic mass is 10.1. The third kappa shape index (κ3) is 52.7. The van der Waals surface area contributed by atoms with E-state index in [1.807, 2.05) is 0 Å². The topological polar surface area (TPSA) is 61.8 Å². The van der Waals surface area contributed by atoms with Crippen LogP contribution in [0.1, 0.15) is 213 Å². The molecule has 0 saturated heterocycles. The van der Waals surface area contributed by atoms with E-state index in [0.29, 0.717) is 19.4 Å². The maximum atomic E-state index is 12.8. The second-order valence-corrected chi connectivity index (χ2v) is 17.0. The maximum Gasteiger partial charge on any atom is 0.306 e. The van der Waals surface area contributed by atoms with E-state index in [-0.39, 0.29) is 25.2 Å². The molecule has 0 aliphatic heterocycles. The molecule has 66 heavy (non-hydrogen) atoms. The average Bonchev–Trinajstić information content (AvgIpc) is 3.32. The fourth-order valence-electron chi connectivity index (χ4n) is 6.74. The van der Waals surface area contributed by atoms with Gasteiger partial charge in [-0.25, -0.2) is 0 Å². The first-order chi connectivity index (χ1) is 32.6. The summed E-state index contributed by atoms with van der Waals surface area (Å²) in [6.45, 7) is 7.45. The molecule has 0 rings (SSSR count). The second-order valence-electron chi connectivity index (χ2n) is 17.0. The van der Waals surface area contributed by atoms with E-state index in [1.165, 1.54) is 51.4 Å². The van der Waals surface area contributed by atoms with Gasteiger partial charge in [0.15, 0.2) is 6.10 Å². The quantitative estimate of drug-likeness (QED) is 0.0346. The SMILES string of the molecule is CC/C=C\C/C=C\C/C=C\C/C=C\C/C=C\CCCC(=O)OCC(COCCCCCCCC/C=C\C/C=C\CCCCC)OC(=O)CCCCCC/C=C\C/C=C\C/C=C\C/C=C\CC. The lowest BCUT2D eigenvalue weighted by Gasteiger charge is -2.18. The summed E-state index contributed by atoms with van der Waals surface area (Å²) in [4.78, 5) is 25.4. The molecule has 0 aliphatic carbocycles. The van der Waals surface area contributed by atoms with Crippen molar-refractivity contribution in [1.82, 2.24) is 0 Å². The first-order valence-electron chi connectivity index (χ1n) is 26.7. The van der Waals surface area contributed by atoms with Crippen LogP contribution in [0.4, 0.5) is 0 Å². The molecule has 0 aromatic rings. The van der Waals surface area contributed by atoms with E-state index in [1.54, 1.807) is 0 Å². The third-order valence-corrected chi connectivity index (χ3v) is 10.7. The summed E-state index contributed by atoms with van der Waals surface area (Å²) in [5.41, 5.74) is 0. The Morgan fingerprint density at radius 3 is 1.14 bits per heavy atom. The van der Waals surface area contributed by atoms with E-state index in [2.05, 4.69) is 154 Å². The molecule has 5 heteroatoms. The molecule has 0 aliphatic rings. The zero-order valence-corrected chi connectivity index (χ0v) is 42.7. The van der Waals surface area contributed by atoms with Gasteiger partial charge in [-0.3, -0.25) is 9.59 Å². The predicted molar refractivity (Wildman–Crippen MR) is 288 cm³/mol. The normalized spacial score (nSPS) is 13.3. The highest BCUT2D eigenvalue weighted by Gasteiger charge is 2.17. The summed E-state index contributed by atoms with van der Waals surface area (Å²) >= 11 is 0. The number of ether oxygens (including phenoxy) is 3. The van der Waals surface area contributed by atoms with Gasteiger partial charge < -0.3 is 14.2 Å². The van der Waals surface area contributed by atoms with Crippen molar-refractivity contribution in [2.24, 2.45) is 0 Å². The highest BCUT2D eigenvalue weighted by atomic mass is 16.6. The van der Waals surface area contributed by atoms with Crippen molar-refractivity contribution in [2.75, 3.05) is 19.8 Å². The molecule has 0 saturated carbocycles. The molecule has 372 valence electrons. The van der Waals surface area contributed by atoms with Gasteiger partial charge in [0.1, 0.15) is 6.61 Å². The van der Waals surface area contributed by atoms with E-state index >= 15 is 0 Å². The van der Waals surface area contributed by atoms with Gasteiger partial charge in [-0.05, 0) is 128 Å². The fraction of sp³-hybridized carbons (Fsp3) is 0.607. The summed E-state index contributed by atoms with van der Waals surface area (Å²) in [6, 6.07) is 0. The maximum absolute atomic E-state index is 12.8. The molecule has 1 atom stereocenters. The third-order valence-electron chi connectivity index (χ3n) is 10.7. The Hall–Kier alpha value is -3.96. The Kier molecular flexibility index (Phi) is 52.0. The molecule has 0 heterocycles. The van der Waals surface area contributed by atoms with Gasteiger partial charge in [0.05, 0.1) is 6.61 Å². The first kappa shape index (κ1) is 62.0. The van der Waals surface area contributed by atoms with Crippen LogP contribution >= 0.6 is 0 Å². The van der Waals surface area contributed by atoms with Crippen molar-refractivity contribution >= 4 is 11.9 Å². The molecule has 0 spiro atoms. The molecule has 0 bridgehead atoms. The monoisotopic (exact) mass is 911 g/mol. The summed E-state index contributed by atoms with van der Waals surface area (Å²) in [6.07, 6.45) is 78.9. The molecule has 0 fully saturated rings. The van der Waals surface area contributed by atoms with Crippen molar-refractivity contribution in [3.05, 3.63) is 134 Å². The Labute approximate surface area is 407 Å². The standard InChI is InChI=1S/C61H98O5/c1-4-7-10-13-16-19-22-25-28-31-33-36-39-42-45-48-51-54-60(62)65-58-59(57-64-56-53-50-47-44-41-38-35-30-27-24-21-18-15-12-9-6-3)66-61(63)55-52-49-46-43-40-37-34-32-29-26-23-20-17-14-11-8-5-2/h7-8,10-11,16-21,25-30,33-34,36-37,42,45,59H,4-6,9,12-15,22-24,31-32,35,38-41,43-44,46-58H2,1-3H3/b10-7-,11-8-,19-16-,20-17-,21-18-,28-25-,29-26-,30-27-,36-33-,37-34-,45-42-. The van der Waals surface area contributed by atoms with Crippen LogP contribution in [0.25, 0.3) is 0 Å².